The molecule has 0 radical (unpaired) electrons. The summed E-state index contributed by atoms with van der Waals surface area (Å²) in [6, 6.07) is 7.53. The molecule has 7 nitrogen and oxygen atoms in total. The van der Waals surface area contributed by atoms with Crippen LogP contribution in [0.2, 0.25) is 0 Å². The second kappa shape index (κ2) is 9.76. The number of likely N-dealkylation sites (tertiary alicyclic amines) is 1. The lowest BCUT2D eigenvalue weighted by molar-refractivity contribution is -0.133. The molecule has 1 aromatic rings. The van der Waals surface area contributed by atoms with Gasteiger partial charge in [-0.05, 0) is 30.9 Å². The van der Waals surface area contributed by atoms with Crippen LogP contribution < -0.4 is 15.0 Å². The van der Waals surface area contributed by atoms with E-state index in [1.807, 2.05) is 43.0 Å². The minimum Gasteiger partial charge on any atom is -0.490 e. The average molecular weight is 402 g/mol. The Kier molecular flexibility index (Phi) is 7.12. The van der Waals surface area contributed by atoms with Gasteiger partial charge in [0.05, 0.1) is 12.2 Å². The molecular formula is C22H31N3O4. The van der Waals surface area contributed by atoms with E-state index in [0.29, 0.717) is 44.3 Å². The maximum absolute atomic E-state index is 12.6. The molecule has 0 aliphatic carbocycles. The number of carbonyl (C=O) groups is 3. The summed E-state index contributed by atoms with van der Waals surface area (Å²) in [4.78, 5) is 40.7. The first-order chi connectivity index (χ1) is 13.9. The summed E-state index contributed by atoms with van der Waals surface area (Å²) in [6.07, 6.45) is 2.45. The van der Waals surface area contributed by atoms with Crippen LogP contribution in [-0.2, 0) is 14.4 Å². The first-order valence-corrected chi connectivity index (χ1v) is 10.5. The van der Waals surface area contributed by atoms with Gasteiger partial charge in [0.2, 0.25) is 17.7 Å². The molecule has 3 amide bonds. The highest BCUT2D eigenvalue weighted by Gasteiger charge is 2.26. The van der Waals surface area contributed by atoms with Crippen molar-refractivity contribution >= 4 is 23.4 Å². The van der Waals surface area contributed by atoms with Gasteiger partial charge in [0.15, 0.2) is 0 Å². The Morgan fingerprint density at radius 3 is 2.52 bits per heavy atom. The molecule has 7 heteroatoms. The van der Waals surface area contributed by atoms with Crippen molar-refractivity contribution in [3.63, 3.8) is 0 Å². The summed E-state index contributed by atoms with van der Waals surface area (Å²) in [6.45, 7) is 6.41. The maximum atomic E-state index is 12.6. The highest BCUT2D eigenvalue weighted by Crippen LogP contribution is 2.31. The van der Waals surface area contributed by atoms with E-state index in [2.05, 4.69) is 5.32 Å². The topological polar surface area (TPSA) is 79.0 Å². The summed E-state index contributed by atoms with van der Waals surface area (Å²) in [5.74, 6) is 1.09. The molecule has 0 bridgehead atoms. The van der Waals surface area contributed by atoms with Crippen molar-refractivity contribution in [3.8, 4) is 5.75 Å². The lowest BCUT2D eigenvalue weighted by Gasteiger charge is -2.33. The number of carbonyl (C=O) groups excluding carboxylic acids is 3. The van der Waals surface area contributed by atoms with Crippen molar-refractivity contribution in [1.82, 2.24) is 10.2 Å². The number of hydrogen-bond donors (Lipinski definition) is 1. The molecule has 0 atom stereocenters. The maximum Gasteiger partial charge on any atom is 0.227 e. The fourth-order valence-electron chi connectivity index (χ4n) is 3.84. The van der Waals surface area contributed by atoms with Crippen LogP contribution in [0.25, 0.3) is 0 Å². The van der Waals surface area contributed by atoms with E-state index in [0.717, 1.165) is 18.5 Å². The van der Waals surface area contributed by atoms with Crippen LogP contribution >= 0.6 is 0 Å². The zero-order valence-corrected chi connectivity index (χ0v) is 17.4. The van der Waals surface area contributed by atoms with Gasteiger partial charge in [-0.1, -0.05) is 26.0 Å². The van der Waals surface area contributed by atoms with Crippen LogP contribution in [-0.4, -0.2) is 54.9 Å². The molecule has 0 aromatic heterocycles. The van der Waals surface area contributed by atoms with Crippen molar-refractivity contribution in [3.05, 3.63) is 24.3 Å². The van der Waals surface area contributed by atoms with Crippen LogP contribution in [0.4, 0.5) is 5.69 Å². The predicted molar refractivity (Wildman–Crippen MR) is 111 cm³/mol. The summed E-state index contributed by atoms with van der Waals surface area (Å²) in [7, 11) is 0. The number of amides is 3. The normalized spacial score (nSPS) is 16.9. The molecule has 3 rings (SSSR count). The Hall–Kier alpha value is -2.57. The third-order valence-corrected chi connectivity index (χ3v) is 5.39. The molecule has 1 aromatic carbocycles. The van der Waals surface area contributed by atoms with Gasteiger partial charge in [0.1, 0.15) is 12.4 Å². The van der Waals surface area contributed by atoms with Gasteiger partial charge in [-0.3, -0.25) is 14.4 Å². The van der Waals surface area contributed by atoms with Gasteiger partial charge >= 0.3 is 0 Å². The number of ether oxygens (including phenoxy) is 1. The number of nitrogens with zero attached hydrogens (tertiary/aromatic N) is 2. The van der Waals surface area contributed by atoms with E-state index in [1.165, 1.54) is 0 Å². The smallest absolute Gasteiger partial charge is 0.227 e. The molecule has 158 valence electrons. The Labute approximate surface area is 172 Å². The summed E-state index contributed by atoms with van der Waals surface area (Å²) >= 11 is 0. The minimum absolute atomic E-state index is 0.0648. The summed E-state index contributed by atoms with van der Waals surface area (Å²) < 4.78 is 5.58. The molecule has 2 aliphatic heterocycles. The Morgan fingerprint density at radius 2 is 1.79 bits per heavy atom. The van der Waals surface area contributed by atoms with E-state index >= 15 is 0 Å². The van der Waals surface area contributed by atoms with E-state index in [-0.39, 0.29) is 36.6 Å². The third kappa shape index (κ3) is 5.71. The molecule has 1 N–H and O–H groups in total. The second-order valence-corrected chi connectivity index (χ2v) is 8.18. The van der Waals surface area contributed by atoms with E-state index in [1.54, 1.807) is 4.90 Å². The van der Waals surface area contributed by atoms with Gasteiger partial charge in [0, 0.05) is 38.4 Å². The first kappa shape index (κ1) is 21.1. The van der Waals surface area contributed by atoms with Crippen LogP contribution in [0.15, 0.2) is 24.3 Å². The molecule has 0 unspecified atom stereocenters. The number of nitrogens with one attached hydrogen (secondary N) is 1. The van der Waals surface area contributed by atoms with Crippen LogP contribution in [0.5, 0.6) is 5.75 Å². The Bertz CT molecular complexity index is 741. The van der Waals surface area contributed by atoms with Gasteiger partial charge in [-0.2, -0.15) is 0 Å². The fourth-order valence-corrected chi connectivity index (χ4v) is 3.84. The molecular weight excluding hydrogens is 370 g/mol. The van der Waals surface area contributed by atoms with Gasteiger partial charge in [-0.15, -0.1) is 0 Å². The standard InChI is InChI=1S/C22H31N3O4/c1-16(2)15-22(28)24-11-9-17(10-12-24)23-20(26)7-8-21(27)25-13-14-29-19-6-4-3-5-18(19)25/h3-6,16-17H,7-15H2,1-2H3,(H,23,26). The molecule has 1 saturated heterocycles. The van der Waals surface area contributed by atoms with Gasteiger partial charge in [-0.25, -0.2) is 0 Å². The molecule has 0 saturated carbocycles. The third-order valence-electron chi connectivity index (χ3n) is 5.39. The summed E-state index contributed by atoms with van der Waals surface area (Å²) in [5.41, 5.74) is 0.766. The highest BCUT2D eigenvalue weighted by atomic mass is 16.5. The van der Waals surface area contributed by atoms with Crippen molar-refractivity contribution in [2.75, 3.05) is 31.1 Å². The number of para-hydroxylation sites is 2. The number of piperidine rings is 1. The molecule has 2 heterocycles. The quantitative estimate of drug-likeness (QED) is 0.794. The van der Waals surface area contributed by atoms with E-state index in [4.69, 9.17) is 4.74 Å². The van der Waals surface area contributed by atoms with Crippen molar-refractivity contribution in [1.29, 1.82) is 0 Å². The Balaban J connectivity index is 1.41. The largest absolute Gasteiger partial charge is 0.490 e. The lowest BCUT2D eigenvalue weighted by Crippen LogP contribution is -2.47. The molecule has 29 heavy (non-hydrogen) atoms. The molecule has 2 aliphatic rings. The molecule has 0 spiro atoms. The number of benzene rings is 1. The summed E-state index contributed by atoms with van der Waals surface area (Å²) in [5, 5.41) is 3.02. The van der Waals surface area contributed by atoms with Gasteiger partial charge in [0.25, 0.3) is 0 Å². The van der Waals surface area contributed by atoms with Crippen LogP contribution in [0.3, 0.4) is 0 Å². The zero-order valence-electron chi connectivity index (χ0n) is 17.4. The zero-order chi connectivity index (χ0) is 20.8. The molecule has 1 fully saturated rings. The van der Waals surface area contributed by atoms with Crippen molar-refractivity contribution in [2.24, 2.45) is 5.92 Å². The van der Waals surface area contributed by atoms with E-state index in [9.17, 15) is 14.4 Å². The van der Waals surface area contributed by atoms with Gasteiger partial charge < -0.3 is 19.9 Å². The predicted octanol–water partition coefficient (Wildman–Crippen LogP) is 2.35. The monoisotopic (exact) mass is 401 g/mol. The minimum atomic E-state index is -0.105. The number of fused-ring (bicyclic) bond motifs is 1. The lowest BCUT2D eigenvalue weighted by atomic mass is 10.0. The number of anilines is 1. The Morgan fingerprint density at radius 1 is 1.07 bits per heavy atom. The van der Waals surface area contributed by atoms with Crippen LogP contribution in [0, 0.1) is 5.92 Å². The highest BCUT2D eigenvalue weighted by molar-refractivity contribution is 5.97. The van der Waals surface area contributed by atoms with Crippen LogP contribution in [0.1, 0.15) is 46.0 Å². The second-order valence-electron chi connectivity index (χ2n) is 8.18. The first-order valence-electron chi connectivity index (χ1n) is 10.5. The number of hydrogen-bond acceptors (Lipinski definition) is 4. The fraction of sp³-hybridized carbons (Fsp3) is 0.591. The van der Waals surface area contributed by atoms with Crippen molar-refractivity contribution < 1.29 is 19.1 Å². The van der Waals surface area contributed by atoms with Crippen molar-refractivity contribution in [2.45, 2.75) is 52.0 Å². The number of rotatable bonds is 6. The SMILES string of the molecule is CC(C)CC(=O)N1CCC(NC(=O)CCC(=O)N2CCOc3ccccc32)CC1. The van der Waals surface area contributed by atoms with E-state index < -0.39 is 0 Å². The average Bonchev–Trinajstić information content (AvgIpc) is 2.71.